The highest BCUT2D eigenvalue weighted by molar-refractivity contribution is 5.93. The minimum Gasteiger partial charge on any atom is -0.367 e. The molecule has 0 atom stereocenters. The third kappa shape index (κ3) is 2.39. The molecule has 0 saturated carbocycles. The highest BCUT2D eigenvalue weighted by Crippen LogP contribution is 2.28. The van der Waals surface area contributed by atoms with Gasteiger partial charge in [-0.25, -0.2) is 0 Å². The molecule has 1 aliphatic rings. The Balaban J connectivity index is 1.75. The normalized spacial score (nSPS) is 13.2. The van der Waals surface area contributed by atoms with Crippen LogP contribution in [0.4, 0.5) is 5.69 Å². The largest absolute Gasteiger partial charge is 0.367 e. The van der Waals surface area contributed by atoms with Crippen molar-refractivity contribution < 1.29 is 4.79 Å². The lowest BCUT2D eigenvalue weighted by Gasteiger charge is -2.19. The Morgan fingerprint density at radius 1 is 1.15 bits per heavy atom. The van der Waals surface area contributed by atoms with Crippen molar-refractivity contribution in [2.45, 2.75) is 13.0 Å². The van der Waals surface area contributed by atoms with Crippen LogP contribution in [0.15, 0.2) is 48.5 Å². The molecular formula is C17H18N2O. The molecule has 3 heteroatoms. The highest BCUT2D eigenvalue weighted by Gasteiger charge is 2.18. The van der Waals surface area contributed by atoms with Crippen LogP contribution >= 0.6 is 0 Å². The number of amides is 1. The van der Waals surface area contributed by atoms with Crippen molar-refractivity contribution in [2.24, 2.45) is 0 Å². The maximum Gasteiger partial charge on any atom is 0.251 e. The average molecular weight is 266 g/mol. The molecule has 2 aromatic carbocycles. The molecule has 3 rings (SSSR count). The van der Waals surface area contributed by atoms with Crippen molar-refractivity contribution in [3.05, 3.63) is 65.2 Å². The van der Waals surface area contributed by atoms with Crippen LogP contribution in [0.5, 0.6) is 0 Å². The summed E-state index contributed by atoms with van der Waals surface area (Å²) in [4.78, 5) is 13.9. The Labute approximate surface area is 119 Å². The van der Waals surface area contributed by atoms with Gasteiger partial charge in [-0.15, -0.1) is 0 Å². The summed E-state index contributed by atoms with van der Waals surface area (Å²) in [6, 6.07) is 16.4. The second kappa shape index (κ2) is 5.37. The van der Waals surface area contributed by atoms with Crippen LogP contribution in [0.25, 0.3) is 0 Å². The summed E-state index contributed by atoms with van der Waals surface area (Å²) in [5, 5.41) is 2.64. The Bertz CT molecular complexity index is 619. The van der Waals surface area contributed by atoms with Crippen molar-refractivity contribution in [1.29, 1.82) is 0 Å². The molecule has 0 aliphatic carbocycles. The van der Waals surface area contributed by atoms with Crippen LogP contribution in [0.1, 0.15) is 21.5 Å². The van der Waals surface area contributed by atoms with Gasteiger partial charge in [-0.05, 0) is 35.7 Å². The Kier molecular flexibility index (Phi) is 3.42. The van der Waals surface area contributed by atoms with E-state index in [9.17, 15) is 4.79 Å². The fraction of sp³-hybridized carbons (Fsp3) is 0.235. The number of carbonyl (C=O) groups is 1. The van der Waals surface area contributed by atoms with E-state index in [0.717, 1.165) is 19.5 Å². The van der Waals surface area contributed by atoms with Crippen LogP contribution in [-0.2, 0) is 13.0 Å². The molecule has 1 aliphatic heterocycles. The third-order valence-corrected chi connectivity index (χ3v) is 3.80. The SMILES string of the molecule is CNC(=O)c1ccc(CN2CCc3ccccc32)cc1. The van der Waals surface area contributed by atoms with Gasteiger partial charge in [0.2, 0.25) is 0 Å². The van der Waals surface area contributed by atoms with Gasteiger partial charge >= 0.3 is 0 Å². The molecule has 2 aromatic rings. The molecule has 3 nitrogen and oxygen atoms in total. The lowest BCUT2D eigenvalue weighted by atomic mass is 10.1. The first-order valence-electron chi connectivity index (χ1n) is 6.92. The Morgan fingerprint density at radius 2 is 1.90 bits per heavy atom. The summed E-state index contributed by atoms with van der Waals surface area (Å²) in [6.07, 6.45) is 1.12. The zero-order valence-electron chi connectivity index (χ0n) is 11.6. The predicted molar refractivity (Wildman–Crippen MR) is 81.0 cm³/mol. The lowest BCUT2D eigenvalue weighted by molar-refractivity contribution is 0.0963. The molecule has 0 aromatic heterocycles. The zero-order chi connectivity index (χ0) is 13.9. The van der Waals surface area contributed by atoms with Gasteiger partial charge in [0.1, 0.15) is 0 Å². The Hall–Kier alpha value is -2.29. The van der Waals surface area contributed by atoms with Crippen LogP contribution in [0.3, 0.4) is 0 Å². The molecule has 0 unspecified atom stereocenters. The van der Waals surface area contributed by atoms with Crippen molar-refractivity contribution in [1.82, 2.24) is 5.32 Å². The second-order valence-corrected chi connectivity index (χ2v) is 5.08. The van der Waals surface area contributed by atoms with Gasteiger partial charge in [0.15, 0.2) is 0 Å². The zero-order valence-corrected chi connectivity index (χ0v) is 11.6. The maximum absolute atomic E-state index is 11.5. The fourth-order valence-corrected chi connectivity index (χ4v) is 2.70. The van der Waals surface area contributed by atoms with Crippen molar-refractivity contribution in [3.8, 4) is 0 Å². The maximum atomic E-state index is 11.5. The van der Waals surface area contributed by atoms with E-state index in [1.807, 2.05) is 24.3 Å². The number of carbonyl (C=O) groups excluding carboxylic acids is 1. The number of para-hydroxylation sites is 1. The molecule has 1 N–H and O–H groups in total. The van der Waals surface area contributed by atoms with E-state index < -0.39 is 0 Å². The van der Waals surface area contributed by atoms with Crippen molar-refractivity contribution >= 4 is 11.6 Å². The van der Waals surface area contributed by atoms with E-state index in [1.54, 1.807) is 7.05 Å². The van der Waals surface area contributed by atoms with Gasteiger partial charge < -0.3 is 10.2 Å². The van der Waals surface area contributed by atoms with Gasteiger partial charge in [-0.2, -0.15) is 0 Å². The van der Waals surface area contributed by atoms with Crippen LogP contribution in [0.2, 0.25) is 0 Å². The van der Waals surface area contributed by atoms with E-state index in [-0.39, 0.29) is 5.91 Å². The number of benzene rings is 2. The molecule has 0 bridgehead atoms. The van der Waals surface area contributed by atoms with E-state index in [1.165, 1.54) is 16.8 Å². The first-order chi connectivity index (χ1) is 9.78. The standard InChI is InChI=1S/C17H18N2O/c1-18-17(20)15-8-6-13(7-9-15)12-19-11-10-14-4-2-3-5-16(14)19/h2-9H,10-12H2,1H3,(H,18,20). The third-order valence-electron chi connectivity index (χ3n) is 3.80. The summed E-state index contributed by atoms with van der Waals surface area (Å²) in [6.45, 7) is 1.96. The fourth-order valence-electron chi connectivity index (χ4n) is 2.70. The quantitative estimate of drug-likeness (QED) is 0.926. The van der Waals surface area contributed by atoms with Crippen molar-refractivity contribution in [3.63, 3.8) is 0 Å². The molecule has 0 radical (unpaired) electrons. The van der Waals surface area contributed by atoms with Crippen LogP contribution in [0, 0.1) is 0 Å². The summed E-state index contributed by atoms with van der Waals surface area (Å²) in [5.41, 5.74) is 4.70. The molecule has 0 saturated heterocycles. The van der Waals surface area contributed by atoms with Gasteiger partial charge in [-0.3, -0.25) is 4.79 Å². The van der Waals surface area contributed by atoms with E-state index in [2.05, 4.69) is 34.5 Å². The molecule has 1 heterocycles. The predicted octanol–water partition coefficient (Wildman–Crippen LogP) is 2.61. The van der Waals surface area contributed by atoms with Crippen LogP contribution in [-0.4, -0.2) is 19.5 Å². The van der Waals surface area contributed by atoms with Crippen molar-refractivity contribution in [2.75, 3.05) is 18.5 Å². The molecule has 102 valence electrons. The highest BCUT2D eigenvalue weighted by atomic mass is 16.1. The van der Waals surface area contributed by atoms with Gasteiger partial charge in [0.05, 0.1) is 0 Å². The summed E-state index contributed by atoms with van der Waals surface area (Å²) >= 11 is 0. The molecule has 20 heavy (non-hydrogen) atoms. The topological polar surface area (TPSA) is 32.3 Å². The number of hydrogen-bond donors (Lipinski definition) is 1. The van der Waals surface area contributed by atoms with Gasteiger partial charge in [0.25, 0.3) is 5.91 Å². The summed E-state index contributed by atoms with van der Waals surface area (Å²) < 4.78 is 0. The summed E-state index contributed by atoms with van der Waals surface area (Å²) in [7, 11) is 1.65. The minimum atomic E-state index is -0.0388. The molecule has 0 fully saturated rings. The number of nitrogens with zero attached hydrogens (tertiary/aromatic N) is 1. The monoisotopic (exact) mass is 266 g/mol. The summed E-state index contributed by atoms with van der Waals surface area (Å²) in [5.74, 6) is -0.0388. The van der Waals surface area contributed by atoms with Gasteiger partial charge in [0, 0.05) is 31.4 Å². The van der Waals surface area contributed by atoms with E-state index in [4.69, 9.17) is 0 Å². The number of nitrogens with one attached hydrogen (secondary N) is 1. The molecule has 0 spiro atoms. The lowest BCUT2D eigenvalue weighted by Crippen LogP contribution is -2.20. The number of hydrogen-bond acceptors (Lipinski definition) is 2. The van der Waals surface area contributed by atoms with Gasteiger partial charge in [-0.1, -0.05) is 30.3 Å². The first kappa shape index (κ1) is 12.7. The van der Waals surface area contributed by atoms with E-state index >= 15 is 0 Å². The average Bonchev–Trinajstić information content (AvgIpc) is 2.91. The number of anilines is 1. The second-order valence-electron chi connectivity index (χ2n) is 5.08. The first-order valence-corrected chi connectivity index (χ1v) is 6.92. The van der Waals surface area contributed by atoms with Crippen LogP contribution < -0.4 is 10.2 Å². The van der Waals surface area contributed by atoms with E-state index in [0.29, 0.717) is 5.56 Å². The molecule has 1 amide bonds. The number of fused-ring (bicyclic) bond motifs is 1. The minimum absolute atomic E-state index is 0.0388. The Morgan fingerprint density at radius 3 is 2.65 bits per heavy atom. The smallest absolute Gasteiger partial charge is 0.251 e. The molecular weight excluding hydrogens is 248 g/mol. The number of rotatable bonds is 3.